The average Bonchev–Trinajstić information content (AvgIpc) is 2.56. The molecule has 0 saturated heterocycles. The molecule has 25 heavy (non-hydrogen) atoms. The number of halogens is 1. The van der Waals surface area contributed by atoms with E-state index in [1.54, 1.807) is 11.8 Å². The van der Waals surface area contributed by atoms with Crippen LogP contribution in [0.15, 0.2) is 48.5 Å². The molecule has 2 rings (SSSR count). The van der Waals surface area contributed by atoms with E-state index in [0.717, 1.165) is 16.3 Å². The van der Waals surface area contributed by atoms with E-state index in [9.17, 15) is 4.79 Å². The van der Waals surface area contributed by atoms with E-state index in [0.29, 0.717) is 5.75 Å². The normalized spacial score (nSPS) is 12.7. The summed E-state index contributed by atoms with van der Waals surface area (Å²) in [7, 11) is 0. The fourth-order valence-electron chi connectivity index (χ4n) is 2.48. The van der Waals surface area contributed by atoms with Gasteiger partial charge in [0.25, 0.3) is 0 Å². The fraction of sp³-hybridized carbons (Fsp3) is 0.381. The van der Waals surface area contributed by atoms with Crippen LogP contribution in [0.3, 0.4) is 0 Å². The second-order valence-corrected chi connectivity index (χ2v) is 8.70. The van der Waals surface area contributed by atoms with Crippen LogP contribution in [0.25, 0.3) is 0 Å². The highest BCUT2D eigenvalue weighted by Gasteiger charge is 2.15. The number of rotatable bonds is 6. The van der Waals surface area contributed by atoms with Crippen molar-refractivity contribution in [1.82, 2.24) is 5.32 Å². The zero-order valence-corrected chi connectivity index (χ0v) is 16.9. The number of carbonyl (C=O) groups is 1. The molecule has 2 nitrogen and oxygen atoms in total. The Bertz CT molecular complexity index is 689. The first kappa shape index (κ1) is 19.9. The van der Waals surface area contributed by atoms with Gasteiger partial charge in [-0.05, 0) is 41.2 Å². The lowest BCUT2D eigenvalue weighted by Crippen LogP contribution is -2.28. The fourth-order valence-corrected chi connectivity index (χ4v) is 3.41. The topological polar surface area (TPSA) is 29.1 Å². The van der Waals surface area contributed by atoms with E-state index >= 15 is 0 Å². The molecule has 0 aliphatic rings. The predicted octanol–water partition coefficient (Wildman–Crippen LogP) is 5.75. The minimum Gasteiger partial charge on any atom is -0.349 e. The number of hydrogen-bond acceptors (Lipinski definition) is 2. The maximum Gasteiger partial charge on any atom is 0.230 e. The molecule has 1 atom stereocenters. The molecule has 4 heteroatoms. The first-order chi connectivity index (χ1) is 11.8. The lowest BCUT2D eigenvalue weighted by atomic mass is 9.86. The molecule has 0 bridgehead atoms. The van der Waals surface area contributed by atoms with Crippen molar-refractivity contribution < 1.29 is 4.79 Å². The molecule has 0 heterocycles. The summed E-state index contributed by atoms with van der Waals surface area (Å²) >= 11 is 7.48. The minimum atomic E-state index is 0.0117. The molecule has 1 amide bonds. The maximum atomic E-state index is 12.1. The van der Waals surface area contributed by atoms with Gasteiger partial charge in [-0.3, -0.25) is 4.79 Å². The van der Waals surface area contributed by atoms with Crippen LogP contribution < -0.4 is 5.32 Å². The van der Waals surface area contributed by atoms with E-state index < -0.39 is 0 Å². The predicted molar refractivity (Wildman–Crippen MR) is 109 cm³/mol. The molecule has 0 aliphatic heterocycles. The van der Waals surface area contributed by atoms with Crippen molar-refractivity contribution in [2.24, 2.45) is 0 Å². The van der Waals surface area contributed by atoms with Crippen molar-refractivity contribution in [3.05, 3.63) is 70.2 Å². The van der Waals surface area contributed by atoms with Crippen molar-refractivity contribution in [3.8, 4) is 0 Å². The van der Waals surface area contributed by atoms with E-state index in [4.69, 9.17) is 11.6 Å². The third-order valence-electron chi connectivity index (χ3n) is 4.07. The lowest BCUT2D eigenvalue weighted by molar-refractivity contribution is -0.119. The van der Waals surface area contributed by atoms with Gasteiger partial charge >= 0.3 is 0 Å². The maximum absolute atomic E-state index is 12.1. The summed E-state index contributed by atoms with van der Waals surface area (Å²) in [6, 6.07) is 16.2. The Labute approximate surface area is 160 Å². The lowest BCUT2D eigenvalue weighted by Gasteiger charge is -2.20. The second-order valence-electron chi connectivity index (χ2n) is 7.28. The molecule has 0 saturated carbocycles. The van der Waals surface area contributed by atoms with Crippen molar-refractivity contribution in [3.63, 3.8) is 0 Å². The van der Waals surface area contributed by atoms with Gasteiger partial charge in [-0.15, -0.1) is 11.8 Å². The summed E-state index contributed by atoms with van der Waals surface area (Å²) < 4.78 is 0. The summed E-state index contributed by atoms with van der Waals surface area (Å²) in [5.74, 6) is 1.32. The van der Waals surface area contributed by atoms with E-state index in [1.807, 2.05) is 31.2 Å². The van der Waals surface area contributed by atoms with Crippen molar-refractivity contribution >= 4 is 29.3 Å². The monoisotopic (exact) mass is 375 g/mol. The highest BCUT2D eigenvalue weighted by molar-refractivity contribution is 7.99. The summed E-state index contributed by atoms with van der Waals surface area (Å²) in [4.78, 5) is 12.1. The van der Waals surface area contributed by atoms with Gasteiger partial charge in [-0.2, -0.15) is 0 Å². The number of nitrogens with one attached hydrogen (secondary N) is 1. The summed E-state index contributed by atoms with van der Waals surface area (Å²) in [5, 5.41) is 3.80. The van der Waals surface area contributed by atoms with Gasteiger partial charge in [0.05, 0.1) is 11.8 Å². The molecule has 0 aliphatic carbocycles. The van der Waals surface area contributed by atoms with Gasteiger partial charge in [-0.25, -0.2) is 0 Å². The highest BCUT2D eigenvalue weighted by Crippen LogP contribution is 2.24. The molecule has 0 spiro atoms. The van der Waals surface area contributed by atoms with Crippen LogP contribution in [0.5, 0.6) is 0 Å². The van der Waals surface area contributed by atoms with E-state index in [-0.39, 0.29) is 17.4 Å². The van der Waals surface area contributed by atoms with Gasteiger partial charge in [0.2, 0.25) is 5.91 Å². The van der Waals surface area contributed by atoms with Crippen LogP contribution in [0, 0.1) is 0 Å². The molecular weight excluding hydrogens is 350 g/mol. The number of thioether (sulfide) groups is 1. The largest absolute Gasteiger partial charge is 0.349 e. The van der Waals surface area contributed by atoms with Gasteiger partial charge in [-0.1, -0.05) is 68.8 Å². The van der Waals surface area contributed by atoms with Crippen molar-refractivity contribution in [1.29, 1.82) is 0 Å². The molecule has 2 aromatic carbocycles. The SMILES string of the molecule is CC(NC(=O)CSCc1ccc(Cl)cc1)c1ccc(C(C)(C)C)cc1. The number of benzene rings is 2. The number of carbonyl (C=O) groups excluding carboxylic acids is 1. The Kier molecular flexibility index (Phi) is 6.97. The van der Waals surface area contributed by atoms with Gasteiger partial charge in [0, 0.05) is 10.8 Å². The minimum absolute atomic E-state index is 0.0117. The highest BCUT2D eigenvalue weighted by atomic mass is 35.5. The Balaban J connectivity index is 1.80. The van der Waals surface area contributed by atoms with E-state index in [1.165, 1.54) is 11.1 Å². The van der Waals surface area contributed by atoms with Crippen LogP contribution in [0.1, 0.15) is 50.4 Å². The summed E-state index contributed by atoms with van der Waals surface area (Å²) in [6.07, 6.45) is 0. The molecule has 1 N–H and O–H groups in total. The molecule has 0 radical (unpaired) electrons. The molecule has 2 aromatic rings. The van der Waals surface area contributed by atoms with Crippen LogP contribution >= 0.6 is 23.4 Å². The summed E-state index contributed by atoms with van der Waals surface area (Å²) in [5.41, 5.74) is 3.74. The molecule has 1 unspecified atom stereocenters. The zero-order valence-electron chi connectivity index (χ0n) is 15.3. The second kappa shape index (κ2) is 8.77. The molecule has 134 valence electrons. The van der Waals surface area contributed by atoms with Crippen molar-refractivity contribution in [2.75, 3.05) is 5.75 Å². The third kappa shape index (κ3) is 6.41. The Hall–Kier alpha value is -1.45. The summed E-state index contributed by atoms with van der Waals surface area (Å²) in [6.45, 7) is 8.62. The van der Waals surface area contributed by atoms with Gasteiger partial charge in [0.15, 0.2) is 0 Å². The Morgan fingerprint density at radius 1 is 1.08 bits per heavy atom. The van der Waals surface area contributed by atoms with Gasteiger partial charge < -0.3 is 5.32 Å². The molecule has 0 aromatic heterocycles. The van der Waals surface area contributed by atoms with Crippen LogP contribution in [0.4, 0.5) is 0 Å². The Morgan fingerprint density at radius 2 is 1.68 bits per heavy atom. The number of hydrogen-bond donors (Lipinski definition) is 1. The smallest absolute Gasteiger partial charge is 0.230 e. The first-order valence-electron chi connectivity index (χ1n) is 8.47. The number of amides is 1. The Morgan fingerprint density at radius 3 is 2.24 bits per heavy atom. The first-order valence-corrected chi connectivity index (χ1v) is 10.0. The standard InChI is InChI=1S/C21H26ClNOS/c1-15(17-7-9-18(10-8-17)21(2,3)4)23-20(24)14-25-13-16-5-11-19(22)12-6-16/h5-12,15H,13-14H2,1-4H3,(H,23,24). The zero-order chi connectivity index (χ0) is 18.4. The average molecular weight is 376 g/mol. The molecule has 0 fully saturated rings. The van der Waals surface area contributed by atoms with Gasteiger partial charge in [0.1, 0.15) is 0 Å². The molecular formula is C21H26ClNOS. The van der Waals surface area contributed by atoms with Crippen LogP contribution in [-0.4, -0.2) is 11.7 Å². The van der Waals surface area contributed by atoms with Crippen LogP contribution in [0.2, 0.25) is 5.02 Å². The van der Waals surface area contributed by atoms with Crippen LogP contribution in [-0.2, 0) is 16.0 Å². The third-order valence-corrected chi connectivity index (χ3v) is 5.33. The quantitative estimate of drug-likeness (QED) is 0.696. The van der Waals surface area contributed by atoms with E-state index in [2.05, 4.69) is 50.4 Å². The van der Waals surface area contributed by atoms with Crippen molar-refractivity contribution in [2.45, 2.75) is 44.9 Å².